The molecule has 4 atom stereocenters. The number of ether oxygens (including phenoxy) is 2. The van der Waals surface area contributed by atoms with E-state index in [2.05, 4.69) is 57.6 Å². The molecule has 0 aliphatic carbocycles. The lowest BCUT2D eigenvalue weighted by Gasteiger charge is -2.39. The first-order valence-corrected chi connectivity index (χ1v) is 18.3. The average molecular weight is 685 g/mol. The molecule has 3 aromatic carbocycles. The summed E-state index contributed by atoms with van der Waals surface area (Å²) in [7, 11) is 0. The van der Waals surface area contributed by atoms with Crippen LogP contribution >= 0.6 is 0 Å². The van der Waals surface area contributed by atoms with Gasteiger partial charge in [0.2, 0.25) is 11.8 Å². The van der Waals surface area contributed by atoms with E-state index in [1.807, 2.05) is 30.3 Å². The Hall–Kier alpha value is -3.64. The minimum Gasteiger partial charge on any atom is -0.392 e. The molecule has 4 N–H and O–H groups in total. The summed E-state index contributed by atoms with van der Waals surface area (Å²) in [6.07, 6.45) is 6.87. The lowest BCUT2D eigenvalue weighted by molar-refractivity contribution is -0.253. The van der Waals surface area contributed by atoms with E-state index in [0.29, 0.717) is 31.8 Å². The van der Waals surface area contributed by atoms with Crippen molar-refractivity contribution in [3.8, 4) is 11.1 Å². The molecule has 0 radical (unpaired) electrons. The maximum atomic E-state index is 12.5. The fourth-order valence-corrected chi connectivity index (χ4v) is 7.59. The third-order valence-corrected chi connectivity index (χ3v) is 10.4. The van der Waals surface area contributed by atoms with Gasteiger partial charge in [-0.25, -0.2) is 5.48 Å². The third kappa shape index (κ3) is 9.78. The van der Waals surface area contributed by atoms with Crippen molar-refractivity contribution < 1.29 is 29.4 Å². The van der Waals surface area contributed by atoms with Crippen LogP contribution in [0.5, 0.6) is 0 Å². The molecule has 0 aromatic heterocycles. The van der Waals surface area contributed by atoms with Crippen LogP contribution < -0.4 is 10.8 Å². The van der Waals surface area contributed by atoms with E-state index in [0.717, 1.165) is 59.4 Å². The normalized spacial score (nSPS) is 22.8. The minimum absolute atomic E-state index is 0.0166. The molecule has 10 nitrogen and oxygen atoms in total. The van der Waals surface area contributed by atoms with Gasteiger partial charge in [0, 0.05) is 50.5 Å². The summed E-state index contributed by atoms with van der Waals surface area (Å²) in [5.74, 6) is -0.513. The van der Waals surface area contributed by atoms with Crippen molar-refractivity contribution in [2.75, 3.05) is 32.7 Å². The Balaban J connectivity index is 1.12. The van der Waals surface area contributed by atoms with Crippen LogP contribution in [0.15, 0.2) is 72.8 Å². The van der Waals surface area contributed by atoms with Gasteiger partial charge in [-0.2, -0.15) is 0 Å². The summed E-state index contributed by atoms with van der Waals surface area (Å²) in [6.45, 7) is 6.00. The second-order valence-corrected chi connectivity index (χ2v) is 13.9. The van der Waals surface area contributed by atoms with Crippen LogP contribution in [0.2, 0.25) is 0 Å². The van der Waals surface area contributed by atoms with Crippen molar-refractivity contribution >= 4 is 11.8 Å². The van der Waals surface area contributed by atoms with Gasteiger partial charge in [-0.1, -0.05) is 72.8 Å². The number of rotatable bonds is 15. The number of benzene rings is 3. The zero-order chi connectivity index (χ0) is 34.7. The first kappa shape index (κ1) is 36.2. The highest BCUT2D eigenvalue weighted by Crippen LogP contribution is 2.39. The van der Waals surface area contributed by atoms with Crippen LogP contribution in [0.4, 0.5) is 0 Å². The van der Waals surface area contributed by atoms with Crippen molar-refractivity contribution in [2.24, 2.45) is 0 Å². The third-order valence-electron chi connectivity index (χ3n) is 10.4. The molecular weight excluding hydrogens is 632 g/mol. The molecule has 3 aromatic rings. The fourth-order valence-electron chi connectivity index (χ4n) is 7.59. The van der Waals surface area contributed by atoms with Gasteiger partial charge < -0.3 is 24.8 Å². The molecule has 3 aliphatic rings. The first-order valence-electron chi connectivity index (χ1n) is 18.3. The highest BCUT2D eigenvalue weighted by molar-refractivity contribution is 5.77. The lowest BCUT2D eigenvalue weighted by atomic mass is 9.97. The number of nitrogens with zero attached hydrogens (tertiary/aromatic N) is 2. The number of carbonyl (C=O) groups is 2. The van der Waals surface area contributed by atoms with Gasteiger partial charge in [-0.15, -0.1) is 0 Å². The number of hydroxylamine groups is 1. The number of hydrogen-bond donors (Lipinski definition) is 4. The van der Waals surface area contributed by atoms with E-state index in [4.69, 9.17) is 14.7 Å². The average Bonchev–Trinajstić information content (AvgIpc) is 3.85. The van der Waals surface area contributed by atoms with Crippen molar-refractivity contribution in [3.63, 3.8) is 0 Å². The molecule has 3 saturated heterocycles. The zero-order valence-electron chi connectivity index (χ0n) is 29.0. The topological polar surface area (TPSA) is 124 Å². The number of aliphatic hydroxyl groups is 1. The van der Waals surface area contributed by atoms with Gasteiger partial charge >= 0.3 is 0 Å². The van der Waals surface area contributed by atoms with Crippen LogP contribution in [0.1, 0.15) is 92.4 Å². The van der Waals surface area contributed by atoms with Gasteiger partial charge in [0.05, 0.1) is 18.8 Å². The van der Waals surface area contributed by atoms with E-state index in [-0.39, 0.29) is 31.1 Å². The molecular formula is C40H52N4O6. The smallest absolute Gasteiger partial charge is 0.243 e. The minimum atomic E-state index is -0.511. The van der Waals surface area contributed by atoms with Gasteiger partial charge in [-0.05, 0) is 86.0 Å². The van der Waals surface area contributed by atoms with Gasteiger partial charge in [0.25, 0.3) is 0 Å². The maximum Gasteiger partial charge on any atom is 0.243 e. The molecule has 6 rings (SSSR count). The number of unbranched alkanes of at least 4 members (excludes halogenated alkanes) is 1. The van der Waals surface area contributed by atoms with Crippen molar-refractivity contribution in [3.05, 3.63) is 95.1 Å². The molecule has 3 heterocycles. The van der Waals surface area contributed by atoms with Gasteiger partial charge in [0.1, 0.15) is 0 Å². The van der Waals surface area contributed by atoms with Crippen molar-refractivity contribution in [1.82, 2.24) is 20.6 Å². The lowest BCUT2D eigenvalue weighted by Crippen LogP contribution is -2.45. The second kappa shape index (κ2) is 18.0. The van der Waals surface area contributed by atoms with E-state index < -0.39 is 12.2 Å². The van der Waals surface area contributed by atoms with E-state index in [1.54, 1.807) is 5.48 Å². The van der Waals surface area contributed by atoms with Crippen LogP contribution in [-0.4, -0.2) is 76.8 Å². The van der Waals surface area contributed by atoms with Crippen LogP contribution in [-0.2, 0) is 32.2 Å². The fraction of sp³-hybridized carbons (Fsp3) is 0.500. The molecule has 0 spiro atoms. The monoisotopic (exact) mass is 684 g/mol. The molecule has 268 valence electrons. The Bertz CT molecular complexity index is 1530. The summed E-state index contributed by atoms with van der Waals surface area (Å²) < 4.78 is 13.4. The van der Waals surface area contributed by atoms with Gasteiger partial charge in [0.15, 0.2) is 6.29 Å². The Kier molecular flexibility index (Phi) is 13.0. The molecule has 2 amide bonds. The predicted octanol–water partition coefficient (Wildman–Crippen LogP) is 5.63. The highest BCUT2D eigenvalue weighted by atomic mass is 16.7. The number of nitrogens with one attached hydrogen (secondary N) is 2. The zero-order valence-corrected chi connectivity index (χ0v) is 29.0. The Morgan fingerprint density at radius 1 is 0.800 bits per heavy atom. The highest BCUT2D eigenvalue weighted by Gasteiger charge is 2.36. The first-order chi connectivity index (χ1) is 24.5. The number of likely N-dealkylation sites (tertiary alicyclic amines) is 2. The Labute approximate surface area is 295 Å². The van der Waals surface area contributed by atoms with Gasteiger partial charge in [-0.3, -0.25) is 19.7 Å². The SMILES string of the molecule is O=C(CCCCC(=O)NCc1ccccc1-c1ccc(C2OC(CN3CCCC3CN3CCCC3)CC(c3ccc(CO)cc3)O2)cc1)NO. The quantitative estimate of drug-likeness (QED) is 0.0923. The standard InChI is InChI=1S/C40H52N4O6/c45-28-29-13-15-31(16-14-29)37-24-35(27-44-23-7-9-34(44)26-43-21-5-6-22-43)49-40(50-37)32-19-17-30(18-20-32)36-10-2-1-8-33(36)25-41-38(46)11-3-4-12-39(47)42-48/h1-2,8,10,13-20,34-35,37,40,45,48H,3-7,9,11-12,21-28H2,(H,41,46)(H,42,47). The second-order valence-electron chi connectivity index (χ2n) is 13.9. The van der Waals surface area contributed by atoms with E-state index in [1.165, 1.54) is 38.8 Å². The number of amides is 2. The molecule has 0 bridgehead atoms. The van der Waals surface area contributed by atoms with Crippen molar-refractivity contribution in [1.29, 1.82) is 0 Å². The van der Waals surface area contributed by atoms with E-state index in [9.17, 15) is 14.7 Å². The van der Waals surface area contributed by atoms with Crippen LogP contribution in [0.3, 0.4) is 0 Å². The Morgan fingerprint density at radius 3 is 2.26 bits per heavy atom. The molecule has 3 fully saturated rings. The maximum absolute atomic E-state index is 12.5. The summed E-state index contributed by atoms with van der Waals surface area (Å²) >= 11 is 0. The summed E-state index contributed by atoms with van der Waals surface area (Å²) in [6, 6.07) is 25.1. The molecule has 4 unspecified atom stereocenters. The van der Waals surface area contributed by atoms with Crippen LogP contribution in [0, 0.1) is 0 Å². The van der Waals surface area contributed by atoms with Crippen molar-refractivity contribution in [2.45, 2.75) is 95.5 Å². The summed E-state index contributed by atoms with van der Waals surface area (Å²) in [4.78, 5) is 28.9. The number of carbonyl (C=O) groups excluding carboxylic acids is 2. The molecule has 0 saturated carbocycles. The summed E-state index contributed by atoms with van der Waals surface area (Å²) in [5.41, 5.74) is 7.66. The molecule has 50 heavy (non-hydrogen) atoms. The Morgan fingerprint density at radius 2 is 1.52 bits per heavy atom. The number of aliphatic hydroxyl groups excluding tert-OH is 1. The molecule has 3 aliphatic heterocycles. The van der Waals surface area contributed by atoms with E-state index >= 15 is 0 Å². The molecule has 10 heteroatoms. The van der Waals surface area contributed by atoms with Crippen LogP contribution in [0.25, 0.3) is 11.1 Å². The largest absolute Gasteiger partial charge is 0.392 e. The predicted molar refractivity (Wildman–Crippen MR) is 191 cm³/mol. The number of hydrogen-bond acceptors (Lipinski definition) is 8. The summed E-state index contributed by atoms with van der Waals surface area (Å²) in [5, 5.41) is 21.2.